The van der Waals surface area contributed by atoms with Crippen molar-refractivity contribution in [3.05, 3.63) is 0 Å². The van der Waals surface area contributed by atoms with Gasteiger partial charge in [0, 0.05) is 37.7 Å². The predicted octanol–water partition coefficient (Wildman–Crippen LogP) is 2.51. The van der Waals surface area contributed by atoms with Crippen molar-refractivity contribution in [3.8, 4) is 0 Å². The molecule has 1 N–H and O–H groups in total. The number of ether oxygens (including phenoxy) is 4. The standard InChI is InChI=1S/C20H36N2O7S.C2H6/c1-17(23)3-4-19(24)21-7-10-26-11-12-27-13-14-28-15-16-29-20(25)22-8-5-18(30-2)6-9-22;1-2/h18H,3-16H2,1-2H3,(H,21,24);1-2H3. The lowest BCUT2D eigenvalue weighted by Crippen LogP contribution is -2.39. The maximum absolute atomic E-state index is 11.9. The van der Waals surface area contributed by atoms with Gasteiger partial charge in [-0.3, -0.25) is 4.79 Å². The maximum Gasteiger partial charge on any atom is 0.409 e. The van der Waals surface area contributed by atoms with E-state index in [-0.39, 0.29) is 37.2 Å². The van der Waals surface area contributed by atoms with Crippen molar-refractivity contribution in [3.63, 3.8) is 0 Å². The van der Waals surface area contributed by atoms with Gasteiger partial charge in [0.2, 0.25) is 5.91 Å². The zero-order chi connectivity index (χ0) is 24.0. The summed E-state index contributed by atoms with van der Waals surface area (Å²) in [6, 6.07) is 0. The molecule has 10 heteroatoms. The molecule has 0 unspecified atom stereocenters. The Kier molecular flexibility index (Phi) is 20.6. The summed E-state index contributed by atoms with van der Waals surface area (Å²) in [4.78, 5) is 35.9. The summed E-state index contributed by atoms with van der Waals surface area (Å²) in [6.07, 6.45) is 4.36. The number of thioether (sulfide) groups is 1. The first kappa shape index (κ1) is 30.6. The zero-order valence-electron chi connectivity index (χ0n) is 20.2. The number of rotatable bonds is 16. The summed E-state index contributed by atoms with van der Waals surface area (Å²) in [5.74, 6) is -0.140. The normalized spacial score (nSPS) is 13.8. The number of likely N-dealkylation sites (tertiary alicyclic amines) is 1. The molecule has 1 aliphatic heterocycles. The van der Waals surface area contributed by atoms with Crippen LogP contribution < -0.4 is 5.32 Å². The molecule has 0 spiro atoms. The summed E-state index contributed by atoms with van der Waals surface area (Å²) >= 11 is 1.86. The van der Waals surface area contributed by atoms with Crippen molar-refractivity contribution in [2.75, 3.05) is 72.1 Å². The molecule has 9 nitrogen and oxygen atoms in total. The van der Waals surface area contributed by atoms with Crippen molar-refractivity contribution < 1.29 is 33.3 Å². The van der Waals surface area contributed by atoms with E-state index in [0.717, 1.165) is 25.9 Å². The van der Waals surface area contributed by atoms with E-state index in [1.54, 1.807) is 4.90 Å². The van der Waals surface area contributed by atoms with Crippen LogP contribution >= 0.6 is 11.8 Å². The van der Waals surface area contributed by atoms with Crippen molar-refractivity contribution >= 4 is 29.5 Å². The molecule has 188 valence electrons. The highest BCUT2D eigenvalue weighted by molar-refractivity contribution is 7.99. The number of hydrogen-bond acceptors (Lipinski definition) is 8. The highest BCUT2D eigenvalue weighted by atomic mass is 32.2. The Morgan fingerprint density at radius 1 is 0.875 bits per heavy atom. The van der Waals surface area contributed by atoms with Gasteiger partial charge in [-0.25, -0.2) is 4.79 Å². The molecule has 1 saturated heterocycles. The fourth-order valence-corrected chi connectivity index (χ4v) is 3.42. The summed E-state index contributed by atoms with van der Waals surface area (Å²) in [7, 11) is 0. The summed E-state index contributed by atoms with van der Waals surface area (Å²) in [5, 5.41) is 3.33. The van der Waals surface area contributed by atoms with Crippen molar-refractivity contribution in [2.24, 2.45) is 0 Å². The second-order valence-corrected chi connectivity index (χ2v) is 8.06. The number of ketones is 1. The third-order valence-corrected chi connectivity index (χ3v) is 5.64. The van der Waals surface area contributed by atoms with Gasteiger partial charge in [0.25, 0.3) is 0 Å². The van der Waals surface area contributed by atoms with Crippen LogP contribution in [0.3, 0.4) is 0 Å². The molecule has 32 heavy (non-hydrogen) atoms. The van der Waals surface area contributed by atoms with Crippen LogP contribution in [-0.4, -0.2) is 100 Å². The minimum atomic E-state index is -0.262. The van der Waals surface area contributed by atoms with Crippen LogP contribution in [-0.2, 0) is 28.5 Å². The molecule has 0 aromatic rings. The van der Waals surface area contributed by atoms with E-state index in [2.05, 4.69) is 11.6 Å². The van der Waals surface area contributed by atoms with Crippen molar-refractivity contribution in [1.82, 2.24) is 10.2 Å². The molecule has 1 rings (SSSR count). The van der Waals surface area contributed by atoms with E-state index >= 15 is 0 Å². The molecule has 0 aromatic carbocycles. The van der Waals surface area contributed by atoms with Crippen LogP contribution in [0.2, 0.25) is 0 Å². The summed E-state index contributed by atoms with van der Waals surface area (Å²) in [5.41, 5.74) is 0. The lowest BCUT2D eigenvalue weighted by molar-refractivity contribution is -0.124. The van der Waals surface area contributed by atoms with E-state index < -0.39 is 0 Å². The van der Waals surface area contributed by atoms with Gasteiger partial charge in [-0.2, -0.15) is 11.8 Å². The van der Waals surface area contributed by atoms with Gasteiger partial charge in [-0.05, 0) is 26.0 Å². The molecule has 0 atom stereocenters. The van der Waals surface area contributed by atoms with E-state index in [0.29, 0.717) is 51.4 Å². The Morgan fingerprint density at radius 3 is 1.94 bits per heavy atom. The monoisotopic (exact) mass is 478 g/mol. The summed E-state index contributed by atoms with van der Waals surface area (Å²) < 4.78 is 21.3. The lowest BCUT2D eigenvalue weighted by atomic mass is 10.1. The molecule has 0 aliphatic carbocycles. The lowest BCUT2D eigenvalue weighted by Gasteiger charge is -2.30. The molecule has 0 saturated carbocycles. The topological polar surface area (TPSA) is 103 Å². The van der Waals surface area contributed by atoms with Gasteiger partial charge >= 0.3 is 6.09 Å². The summed E-state index contributed by atoms with van der Waals surface area (Å²) in [6.45, 7) is 10.1. The quantitative estimate of drug-likeness (QED) is 0.338. The molecule has 1 fully saturated rings. The van der Waals surface area contributed by atoms with Crippen LogP contribution in [0, 0.1) is 0 Å². The second kappa shape index (κ2) is 21.5. The number of carbonyl (C=O) groups is 3. The van der Waals surface area contributed by atoms with Gasteiger partial charge in [0.15, 0.2) is 0 Å². The number of amides is 2. The minimum absolute atomic E-state index is 0.00500. The SMILES string of the molecule is CC.CSC1CCN(C(=O)OCCOCCOCCOCCNC(=O)CCC(C)=O)CC1. The zero-order valence-corrected chi connectivity index (χ0v) is 21.0. The number of nitrogens with zero attached hydrogens (tertiary/aromatic N) is 1. The predicted molar refractivity (Wildman–Crippen MR) is 126 cm³/mol. The Bertz CT molecular complexity index is 501. The average molecular weight is 479 g/mol. The van der Waals surface area contributed by atoms with E-state index in [1.165, 1.54) is 6.92 Å². The number of carbonyl (C=O) groups excluding carboxylic acids is 3. The Morgan fingerprint density at radius 2 is 1.41 bits per heavy atom. The molecule has 0 bridgehead atoms. The highest BCUT2D eigenvalue weighted by Crippen LogP contribution is 2.21. The van der Waals surface area contributed by atoms with Crippen LogP contribution in [0.15, 0.2) is 0 Å². The van der Waals surface area contributed by atoms with Crippen LogP contribution in [0.5, 0.6) is 0 Å². The number of hydrogen-bond donors (Lipinski definition) is 1. The van der Waals surface area contributed by atoms with Crippen LogP contribution in [0.4, 0.5) is 4.79 Å². The Labute approximate surface area is 197 Å². The van der Waals surface area contributed by atoms with Gasteiger partial charge < -0.3 is 34.0 Å². The number of Topliss-reactive ketones (excluding diaryl/α,β-unsaturated/α-hetero) is 1. The molecule has 0 aromatic heterocycles. The fourth-order valence-electron chi connectivity index (χ4n) is 2.74. The molecule has 0 radical (unpaired) electrons. The Hall–Kier alpha value is -1.36. The number of piperidine rings is 1. The largest absolute Gasteiger partial charge is 0.447 e. The third-order valence-electron chi connectivity index (χ3n) is 4.50. The van der Waals surface area contributed by atoms with E-state index in [1.807, 2.05) is 25.6 Å². The van der Waals surface area contributed by atoms with Crippen molar-refractivity contribution in [1.29, 1.82) is 0 Å². The second-order valence-electron chi connectivity index (χ2n) is 6.93. The first-order chi connectivity index (χ1) is 15.5. The van der Waals surface area contributed by atoms with Crippen LogP contribution in [0.1, 0.15) is 46.5 Å². The average Bonchev–Trinajstić information content (AvgIpc) is 2.81. The maximum atomic E-state index is 11.9. The molecular weight excluding hydrogens is 436 g/mol. The molecule has 1 aliphatic rings. The van der Waals surface area contributed by atoms with E-state index in [9.17, 15) is 14.4 Å². The first-order valence-corrected chi connectivity index (χ1v) is 12.8. The number of nitrogens with one attached hydrogen (secondary N) is 1. The van der Waals surface area contributed by atoms with Crippen molar-refractivity contribution in [2.45, 2.75) is 51.7 Å². The minimum Gasteiger partial charge on any atom is -0.447 e. The molecular formula is C22H42N2O7S. The van der Waals surface area contributed by atoms with Gasteiger partial charge in [0.05, 0.1) is 39.6 Å². The van der Waals surface area contributed by atoms with Gasteiger partial charge in [-0.15, -0.1) is 0 Å². The smallest absolute Gasteiger partial charge is 0.409 e. The third kappa shape index (κ3) is 17.2. The van der Waals surface area contributed by atoms with Gasteiger partial charge in [0.1, 0.15) is 12.4 Å². The Balaban J connectivity index is 0.00000466. The first-order valence-electron chi connectivity index (χ1n) is 11.5. The van der Waals surface area contributed by atoms with Gasteiger partial charge in [-0.1, -0.05) is 13.8 Å². The highest BCUT2D eigenvalue weighted by Gasteiger charge is 2.22. The molecule has 1 heterocycles. The molecule has 2 amide bonds. The van der Waals surface area contributed by atoms with Crippen LogP contribution in [0.25, 0.3) is 0 Å². The fraction of sp³-hybridized carbons (Fsp3) is 0.864. The van der Waals surface area contributed by atoms with E-state index in [4.69, 9.17) is 18.9 Å².